The second-order valence-electron chi connectivity index (χ2n) is 7.11. The molecule has 0 amide bonds. The van der Waals surface area contributed by atoms with Crippen molar-refractivity contribution in [2.24, 2.45) is 4.99 Å². The first-order chi connectivity index (χ1) is 13.7. The molecule has 2 heterocycles. The lowest BCUT2D eigenvalue weighted by Gasteiger charge is -2.09. The molecule has 138 valence electrons. The van der Waals surface area contributed by atoms with Crippen molar-refractivity contribution in [1.82, 2.24) is 10.3 Å². The van der Waals surface area contributed by atoms with Gasteiger partial charge in [0, 0.05) is 12.1 Å². The van der Waals surface area contributed by atoms with Crippen LogP contribution in [-0.4, -0.2) is 10.8 Å². The fraction of sp³-hybridized carbons (Fsp3) is 0.130. The van der Waals surface area contributed by atoms with Crippen LogP contribution in [0, 0.1) is 6.92 Å². The van der Waals surface area contributed by atoms with Crippen molar-refractivity contribution in [2.75, 3.05) is 5.73 Å². The molecule has 0 bridgehead atoms. The van der Waals surface area contributed by atoms with Gasteiger partial charge in [0.2, 0.25) is 0 Å². The maximum absolute atomic E-state index is 5.65. The van der Waals surface area contributed by atoms with Crippen LogP contribution >= 0.6 is 0 Å². The van der Waals surface area contributed by atoms with Crippen molar-refractivity contribution in [3.8, 4) is 11.1 Å². The lowest BCUT2D eigenvalue weighted by Crippen LogP contribution is -2.22. The minimum absolute atomic E-state index is 0.193. The van der Waals surface area contributed by atoms with Crippen LogP contribution < -0.4 is 11.1 Å². The molecule has 3 N–H and O–H groups in total. The van der Waals surface area contributed by atoms with E-state index in [0.29, 0.717) is 12.1 Å². The van der Waals surface area contributed by atoms with E-state index in [1.165, 1.54) is 22.3 Å². The number of aryl methyl sites for hydroxylation is 1. The van der Waals surface area contributed by atoms with Crippen molar-refractivity contribution < 1.29 is 4.42 Å². The first kappa shape index (κ1) is 16.6. The third-order valence-electron chi connectivity index (χ3n) is 5.09. The molecule has 0 aliphatic carbocycles. The number of oxazole rings is 1. The Morgan fingerprint density at radius 2 is 1.79 bits per heavy atom. The molecule has 5 nitrogen and oxygen atoms in total. The molecule has 5 heteroatoms. The molecule has 0 fully saturated rings. The topological polar surface area (TPSA) is 76.4 Å². The number of hydrogen-bond acceptors (Lipinski definition) is 5. The van der Waals surface area contributed by atoms with Gasteiger partial charge in [0.1, 0.15) is 11.4 Å². The first-order valence-corrected chi connectivity index (χ1v) is 9.29. The molecule has 0 unspecified atom stereocenters. The molecule has 3 aromatic carbocycles. The zero-order valence-electron chi connectivity index (χ0n) is 15.6. The number of aromatic nitrogens is 1. The summed E-state index contributed by atoms with van der Waals surface area (Å²) >= 11 is 0. The van der Waals surface area contributed by atoms with E-state index in [0.717, 1.165) is 29.0 Å². The molecular formula is C23H20N4O. The summed E-state index contributed by atoms with van der Waals surface area (Å²) in [7, 11) is 0. The second-order valence-corrected chi connectivity index (χ2v) is 7.11. The lowest BCUT2D eigenvalue weighted by molar-refractivity contribution is 0.626. The van der Waals surface area contributed by atoms with E-state index in [1.807, 2.05) is 18.2 Å². The molecule has 1 aliphatic heterocycles. The number of fused-ring (bicyclic) bond motifs is 2. The quantitative estimate of drug-likeness (QED) is 0.561. The third kappa shape index (κ3) is 3.01. The normalized spacial score (nSPS) is 12.8. The molecule has 28 heavy (non-hydrogen) atoms. The fourth-order valence-corrected chi connectivity index (χ4v) is 3.55. The summed E-state index contributed by atoms with van der Waals surface area (Å²) in [5.41, 5.74) is 14.3. The molecular weight excluding hydrogens is 348 g/mol. The van der Waals surface area contributed by atoms with Crippen molar-refractivity contribution in [1.29, 1.82) is 0 Å². The minimum atomic E-state index is 0.193. The third-order valence-corrected chi connectivity index (χ3v) is 5.09. The number of nitrogen functional groups attached to an aromatic ring is 1. The highest BCUT2D eigenvalue weighted by Crippen LogP contribution is 2.29. The number of anilines is 1. The van der Waals surface area contributed by atoms with Gasteiger partial charge in [-0.2, -0.15) is 4.98 Å². The summed E-state index contributed by atoms with van der Waals surface area (Å²) in [5.74, 6) is 0.960. The maximum Gasteiger partial charge on any atom is 0.292 e. The van der Waals surface area contributed by atoms with E-state index in [1.54, 1.807) is 0 Å². The highest BCUT2D eigenvalue weighted by Gasteiger charge is 2.16. The lowest BCUT2D eigenvalue weighted by atomic mass is 9.99. The Labute approximate surface area is 162 Å². The van der Waals surface area contributed by atoms with Crippen LogP contribution in [0.15, 0.2) is 70.1 Å². The highest BCUT2D eigenvalue weighted by molar-refractivity contribution is 6.02. The van der Waals surface area contributed by atoms with Crippen LogP contribution in [0.2, 0.25) is 0 Å². The molecule has 1 aliphatic rings. The predicted octanol–water partition coefficient (Wildman–Crippen LogP) is 4.44. The molecule has 0 atom stereocenters. The summed E-state index contributed by atoms with van der Waals surface area (Å²) in [6.07, 6.45) is 0. The largest absolute Gasteiger partial charge is 0.424 e. The van der Waals surface area contributed by atoms with E-state index < -0.39 is 0 Å². The smallest absolute Gasteiger partial charge is 0.292 e. The number of amidine groups is 1. The Bertz CT molecular complexity index is 1210. The Morgan fingerprint density at radius 1 is 1.00 bits per heavy atom. The van der Waals surface area contributed by atoms with Crippen molar-refractivity contribution in [3.05, 3.63) is 82.9 Å². The van der Waals surface area contributed by atoms with Crippen molar-refractivity contribution >= 4 is 22.9 Å². The number of hydrogen-bond donors (Lipinski definition) is 2. The van der Waals surface area contributed by atoms with Crippen LogP contribution in [0.4, 0.5) is 6.01 Å². The van der Waals surface area contributed by atoms with Crippen LogP contribution in [-0.2, 0) is 13.1 Å². The second kappa shape index (κ2) is 6.53. The zero-order valence-corrected chi connectivity index (χ0v) is 15.6. The van der Waals surface area contributed by atoms with Gasteiger partial charge in [0.25, 0.3) is 6.01 Å². The van der Waals surface area contributed by atoms with Gasteiger partial charge in [-0.1, -0.05) is 48.0 Å². The molecule has 0 saturated heterocycles. The molecule has 4 aromatic rings. The van der Waals surface area contributed by atoms with Crippen LogP contribution in [0.3, 0.4) is 0 Å². The summed E-state index contributed by atoms with van der Waals surface area (Å²) in [6.45, 7) is 3.56. The molecule has 0 saturated carbocycles. The standard InChI is InChI=1S/C23H20N4O/c1-14-2-4-15(5-3-14)12-25-22-19-8-6-16(10-18(19)13-26-22)17-7-9-21-20(11-17)27-23(24)28-21/h2-11H,12-13H2,1H3,(H2,24,27)(H,25,26). The average molecular weight is 368 g/mol. The number of nitrogens with two attached hydrogens (primary N) is 1. The molecule has 1 aromatic heterocycles. The summed E-state index contributed by atoms with van der Waals surface area (Å²) in [6, 6.07) is 21.2. The van der Waals surface area contributed by atoms with Crippen molar-refractivity contribution in [2.45, 2.75) is 20.0 Å². The number of rotatable bonds is 3. The van der Waals surface area contributed by atoms with E-state index in [4.69, 9.17) is 10.2 Å². The molecule has 5 rings (SSSR count). The van der Waals surface area contributed by atoms with Gasteiger partial charge in [0.15, 0.2) is 5.58 Å². The number of benzene rings is 3. The van der Waals surface area contributed by atoms with Gasteiger partial charge in [0.05, 0.1) is 6.54 Å². The van der Waals surface area contributed by atoms with Crippen LogP contribution in [0.25, 0.3) is 22.2 Å². The van der Waals surface area contributed by atoms with E-state index in [-0.39, 0.29) is 6.01 Å². The monoisotopic (exact) mass is 368 g/mol. The highest BCUT2D eigenvalue weighted by atomic mass is 16.4. The van der Waals surface area contributed by atoms with Gasteiger partial charge in [-0.15, -0.1) is 0 Å². The Kier molecular flexibility index (Phi) is 3.86. The predicted molar refractivity (Wildman–Crippen MR) is 112 cm³/mol. The number of aliphatic imine (C=N–C) groups is 1. The molecule has 0 spiro atoms. The number of nitrogens with one attached hydrogen (secondary N) is 1. The fourth-order valence-electron chi connectivity index (χ4n) is 3.55. The van der Waals surface area contributed by atoms with E-state index in [2.05, 4.69) is 64.7 Å². The van der Waals surface area contributed by atoms with Crippen LogP contribution in [0.5, 0.6) is 0 Å². The van der Waals surface area contributed by atoms with Gasteiger partial charge >= 0.3 is 0 Å². The molecule has 0 radical (unpaired) electrons. The summed E-state index contributed by atoms with van der Waals surface area (Å²) in [5, 5.41) is 3.47. The Hall–Kier alpha value is -3.60. The van der Waals surface area contributed by atoms with Gasteiger partial charge in [-0.3, -0.25) is 4.99 Å². The first-order valence-electron chi connectivity index (χ1n) is 9.29. The maximum atomic E-state index is 5.65. The minimum Gasteiger partial charge on any atom is -0.424 e. The Balaban J connectivity index is 1.37. The zero-order chi connectivity index (χ0) is 19.1. The average Bonchev–Trinajstić information content (AvgIpc) is 3.28. The van der Waals surface area contributed by atoms with E-state index >= 15 is 0 Å². The SMILES string of the molecule is Cc1ccc(CNC2=NCc3cc(-c4ccc5oc(N)nc5c4)ccc32)cc1. The van der Waals surface area contributed by atoms with E-state index in [9.17, 15) is 0 Å². The summed E-state index contributed by atoms with van der Waals surface area (Å²) < 4.78 is 5.36. The van der Waals surface area contributed by atoms with Gasteiger partial charge in [-0.25, -0.2) is 0 Å². The Morgan fingerprint density at radius 3 is 2.64 bits per heavy atom. The summed E-state index contributed by atoms with van der Waals surface area (Å²) in [4.78, 5) is 8.91. The van der Waals surface area contributed by atoms with Crippen LogP contribution in [0.1, 0.15) is 22.3 Å². The van der Waals surface area contributed by atoms with Gasteiger partial charge in [-0.05, 0) is 47.4 Å². The number of nitrogens with zero attached hydrogens (tertiary/aromatic N) is 2. The van der Waals surface area contributed by atoms with Gasteiger partial charge < -0.3 is 15.5 Å². The van der Waals surface area contributed by atoms with Crippen molar-refractivity contribution in [3.63, 3.8) is 0 Å².